The molecule has 2 aromatic heterocycles. The zero-order valence-electron chi connectivity index (χ0n) is 23.5. The summed E-state index contributed by atoms with van der Waals surface area (Å²) in [5.74, 6) is 1.30. The summed E-state index contributed by atoms with van der Waals surface area (Å²) in [6.07, 6.45) is 1.61. The van der Waals surface area contributed by atoms with Crippen molar-refractivity contribution in [3.05, 3.63) is 106 Å². The summed E-state index contributed by atoms with van der Waals surface area (Å²) >= 11 is 1.16. The van der Waals surface area contributed by atoms with Crippen molar-refractivity contribution in [1.82, 2.24) is 4.57 Å². The molecule has 0 fully saturated rings. The molecule has 5 rings (SSSR count). The number of thiazole rings is 1. The molecule has 12 heteroatoms. The van der Waals surface area contributed by atoms with Crippen LogP contribution in [0, 0.1) is 17.0 Å². The average molecular weight is 590 g/mol. The molecule has 0 bridgehead atoms. The number of furan rings is 1. The van der Waals surface area contributed by atoms with E-state index in [1.165, 1.54) is 30.9 Å². The number of hydrogen-bond acceptors (Lipinski definition) is 10. The largest absolute Gasteiger partial charge is 0.497 e. The lowest BCUT2D eigenvalue weighted by atomic mass is 9.95. The van der Waals surface area contributed by atoms with Crippen LogP contribution in [-0.2, 0) is 9.53 Å². The second-order valence-electron chi connectivity index (χ2n) is 9.37. The fraction of sp³-hybridized carbons (Fsp3) is 0.233. The molecule has 1 atom stereocenters. The van der Waals surface area contributed by atoms with Gasteiger partial charge in [0.1, 0.15) is 29.1 Å². The Bertz CT molecular complexity index is 1930. The fourth-order valence-corrected chi connectivity index (χ4v) is 5.91. The summed E-state index contributed by atoms with van der Waals surface area (Å²) in [6.45, 7) is 5.32. The summed E-state index contributed by atoms with van der Waals surface area (Å²) in [4.78, 5) is 42.8. The summed E-state index contributed by atoms with van der Waals surface area (Å²) in [5.41, 5.74) is 2.16. The second kappa shape index (κ2) is 11.5. The van der Waals surface area contributed by atoms with Crippen molar-refractivity contribution in [2.75, 3.05) is 20.8 Å². The van der Waals surface area contributed by atoms with Crippen molar-refractivity contribution >= 4 is 29.1 Å². The lowest BCUT2D eigenvalue weighted by Gasteiger charge is -2.26. The highest BCUT2D eigenvalue weighted by atomic mass is 32.1. The molecule has 42 heavy (non-hydrogen) atoms. The Hall–Kier alpha value is -4.97. The monoisotopic (exact) mass is 589 g/mol. The molecule has 0 N–H and O–H groups in total. The van der Waals surface area contributed by atoms with Crippen LogP contribution in [0.3, 0.4) is 0 Å². The Labute approximate surface area is 243 Å². The minimum Gasteiger partial charge on any atom is -0.497 e. The van der Waals surface area contributed by atoms with E-state index in [0.29, 0.717) is 54.7 Å². The quantitative estimate of drug-likeness (QED) is 0.169. The Morgan fingerprint density at radius 1 is 1.14 bits per heavy atom. The SMILES string of the molecule is CCOC(=O)C1=C(C)N=c2s/c(=C/c3ccc(-c4ccc([N+](=O)[O-])cc4C)o3)c(=O)n2[C@H]1c1cc(OC)ccc1OC. The van der Waals surface area contributed by atoms with Crippen LogP contribution in [0.4, 0.5) is 5.69 Å². The van der Waals surface area contributed by atoms with E-state index in [1.54, 1.807) is 63.2 Å². The zero-order valence-corrected chi connectivity index (χ0v) is 24.3. The molecule has 1 aliphatic heterocycles. The number of allylic oxidation sites excluding steroid dienone is 1. The smallest absolute Gasteiger partial charge is 0.338 e. The summed E-state index contributed by atoms with van der Waals surface area (Å²) in [5, 5.41) is 11.1. The molecule has 0 radical (unpaired) electrons. The number of benzene rings is 2. The number of carbonyl (C=O) groups is 1. The maximum atomic E-state index is 14.0. The van der Waals surface area contributed by atoms with Crippen LogP contribution in [-0.4, -0.2) is 36.3 Å². The maximum absolute atomic E-state index is 14.0. The molecule has 11 nitrogen and oxygen atoms in total. The predicted octanol–water partition coefficient (Wildman–Crippen LogP) is 4.29. The molecule has 0 saturated heterocycles. The molecule has 2 aromatic carbocycles. The Kier molecular flexibility index (Phi) is 7.81. The molecular weight excluding hydrogens is 562 g/mol. The number of nitro groups is 1. The Morgan fingerprint density at radius 2 is 1.93 bits per heavy atom. The standard InChI is InChI=1S/C30H27N3O8S/c1-6-40-29(35)26-17(3)31-30-32(27(26)22-14-19(38-4)8-11-23(22)39-5)28(34)25(42-30)15-20-9-12-24(41-20)21-10-7-18(33(36)37)13-16(21)2/h7-15,27H,6H2,1-5H3/b25-15+/t27-/m0/s1. The Morgan fingerprint density at radius 3 is 2.60 bits per heavy atom. The van der Waals surface area contributed by atoms with Gasteiger partial charge in [-0.2, -0.15) is 0 Å². The maximum Gasteiger partial charge on any atom is 0.338 e. The van der Waals surface area contributed by atoms with E-state index in [2.05, 4.69) is 4.99 Å². The number of fused-ring (bicyclic) bond motifs is 1. The van der Waals surface area contributed by atoms with Crippen LogP contribution in [0.15, 0.2) is 74.0 Å². The first-order chi connectivity index (χ1) is 20.2. The van der Waals surface area contributed by atoms with Gasteiger partial charge < -0.3 is 18.6 Å². The third kappa shape index (κ3) is 5.12. The molecule has 0 amide bonds. The first-order valence-electron chi connectivity index (χ1n) is 12.9. The van der Waals surface area contributed by atoms with Gasteiger partial charge in [-0.15, -0.1) is 0 Å². The van der Waals surface area contributed by atoms with Gasteiger partial charge in [0.05, 0.1) is 41.6 Å². The lowest BCUT2D eigenvalue weighted by molar-refractivity contribution is -0.384. The molecule has 0 spiro atoms. The number of carbonyl (C=O) groups excluding carboxylic acids is 1. The molecular formula is C30H27N3O8S. The highest BCUT2D eigenvalue weighted by Crippen LogP contribution is 2.38. The number of nitrogens with zero attached hydrogens (tertiary/aromatic N) is 3. The van der Waals surface area contributed by atoms with E-state index in [0.717, 1.165) is 11.3 Å². The van der Waals surface area contributed by atoms with Gasteiger partial charge in [-0.05, 0) is 62.7 Å². The third-order valence-corrected chi connectivity index (χ3v) is 7.82. The minimum absolute atomic E-state index is 0.0103. The van der Waals surface area contributed by atoms with Crippen molar-refractivity contribution in [3.63, 3.8) is 0 Å². The van der Waals surface area contributed by atoms with E-state index in [4.69, 9.17) is 18.6 Å². The van der Waals surface area contributed by atoms with Crippen molar-refractivity contribution in [2.45, 2.75) is 26.8 Å². The van der Waals surface area contributed by atoms with Crippen molar-refractivity contribution in [1.29, 1.82) is 0 Å². The number of rotatable bonds is 8. The zero-order chi connectivity index (χ0) is 30.1. The summed E-state index contributed by atoms with van der Waals surface area (Å²) < 4.78 is 24.2. The number of aryl methyl sites for hydroxylation is 1. The lowest BCUT2D eigenvalue weighted by Crippen LogP contribution is -2.40. The fourth-order valence-electron chi connectivity index (χ4n) is 4.88. The van der Waals surface area contributed by atoms with E-state index >= 15 is 0 Å². The molecule has 4 aromatic rings. The van der Waals surface area contributed by atoms with Crippen molar-refractivity contribution in [3.8, 4) is 22.8 Å². The number of esters is 1. The summed E-state index contributed by atoms with van der Waals surface area (Å²) in [6, 6.07) is 12.3. The van der Waals surface area contributed by atoms with E-state index < -0.39 is 16.9 Å². The van der Waals surface area contributed by atoms with Crippen molar-refractivity contribution in [2.24, 2.45) is 4.99 Å². The predicted molar refractivity (Wildman–Crippen MR) is 155 cm³/mol. The average Bonchev–Trinajstić information content (AvgIpc) is 3.55. The number of aromatic nitrogens is 1. The first kappa shape index (κ1) is 28.6. The van der Waals surface area contributed by atoms with Crippen molar-refractivity contribution < 1.29 is 28.3 Å². The second-order valence-corrected chi connectivity index (χ2v) is 10.4. The number of methoxy groups -OCH3 is 2. The Balaban J connectivity index is 1.65. The first-order valence-corrected chi connectivity index (χ1v) is 13.7. The van der Waals surface area contributed by atoms with Gasteiger partial charge in [0.25, 0.3) is 11.2 Å². The molecule has 216 valence electrons. The van der Waals surface area contributed by atoms with Crippen LogP contribution in [0.5, 0.6) is 11.5 Å². The number of hydrogen-bond donors (Lipinski definition) is 0. The van der Waals surface area contributed by atoms with Gasteiger partial charge in [-0.1, -0.05) is 11.3 Å². The highest BCUT2D eigenvalue weighted by Gasteiger charge is 2.35. The molecule has 1 aliphatic rings. The minimum atomic E-state index is -0.887. The molecule has 0 saturated carbocycles. The van der Waals surface area contributed by atoms with E-state index in [1.807, 2.05) is 0 Å². The van der Waals surface area contributed by atoms with E-state index in [-0.39, 0.29) is 23.4 Å². The van der Waals surface area contributed by atoms with Gasteiger partial charge >= 0.3 is 5.97 Å². The van der Waals surface area contributed by atoms with Crippen LogP contribution in [0.25, 0.3) is 17.4 Å². The molecule has 0 aliphatic carbocycles. The van der Waals surface area contributed by atoms with Crippen LogP contribution in [0.2, 0.25) is 0 Å². The number of ether oxygens (including phenoxy) is 3. The van der Waals surface area contributed by atoms with Crippen LogP contribution in [0.1, 0.15) is 36.8 Å². The normalized spacial score (nSPS) is 14.8. The van der Waals surface area contributed by atoms with Crippen LogP contribution >= 0.6 is 11.3 Å². The summed E-state index contributed by atoms with van der Waals surface area (Å²) in [7, 11) is 3.04. The molecule has 3 heterocycles. The van der Waals surface area contributed by atoms with E-state index in [9.17, 15) is 19.7 Å². The third-order valence-electron chi connectivity index (χ3n) is 6.83. The van der Waals surface area contributed by atoms with Gasteiger partial charge in [-0.25, -0.2) is 9.79 Å². The highest BCUT2D eigenvalue weighted by molar-refractivity contribution is 7.07. The van der Waals surface area contributed by atoms with Gasteiger partial charge in [0.2, 0.25) is 0 Å². The van der Waals surface area contributed by atoms with Gasteiger partial charge in [0, 0.05) is 29.3 Å². The van der Waals surface area contributed by atoms with Gasteiger partial charge in [0.15, 0.2) is 4.80 Å². The van der Waals surface area contributed by atoms with Gasteiger partial charge in [-0.3, -0.25) is 19.5 Å². The number of nitro benzene ring substituents is 1. The van der Waals surface area contributed by atoms with Crippen LogP contribution < -0.4 is 24.4 Å². The number of non-ortho nitro benzene ring substituents is 1. The topological polar surface area (TPSA) is 135 Å². The molecule has 0 unspecified atom stereocenters.